The Bertz CT molecular complexity index is 591. The molecule has 0 aromatic heterocycles. The average Bonchev–Trinajstić information content (AvgIpc) is 2.80. The Morgan fingerprint density at radius 1 is 1.16 bits per heavy atom. The largest absolute Gasteiger partial charge is 0.334 e. The molecule has 0 N–H and O–H groups in total. The summed E-state index contributed by atoms with van der Waals surface area (Å²) in [6.07, 6.45) is 0. The molecule has 96 valence electrons. The van der Waals surface area contributed by atoms with E-state index in [1.165, 1.54) is 24.3 Å². The highest BCUT2D eigenvalue weighted by molar-refractivity contribution is 6.64. The molecule has 0 saturated carbocycles. The number of amides is 4. The first-order valence-electron chi connectivity index (χ1n) is 5.37. The van der Waals surface area contributed by atoms with E-state index in [-0.39, 0.29) is 18.7 Å². The normalized spacial score (nSPS) is 14.4. The second-order valence-corrected chi connectivity index (χ2v) is 4.16. The Kier molecular flexibility index (Phi) is 3.49. The van der Waals surface area contributed by atoms with Gasteiger partial charge in [0.05, 0.1) is 11.6 Å². The molecule has 0 aliphatic carbocycles. The third-order valence-electron chi connectivity index (χ3n) is 2.73. The lowest BCUT2D eigenvalue weighted by atomic mass is 10.1. The first-order chi connectivity index (χ1) is 9.04. The van der Waals surface area contributed by atoms with E-state index < -0.39 is 17.3 Å². The van der Waals surface area contributed by atoms with E-state index >= 15 is 0 Å². The van der Waals surface area contributed by atoms with Gasteiger partial charge in [0.25, 0.3) is 5.91 Å². The Balaban J connectivity index is 2.19. The fourth-order valence-electron chi connectivity index (χ4n) is 1.73. The summed E-state index contributed by atoms with van der Waals surface area (Å²) in [6.45, 7) is 0.194. The van der Waals surface area contributed by atoms with Crippen molar-refractivity contribution >= 4 is 28.9 Å². The molecular formula is C12H8ClN3O3. The summed E-state index contributed by atoms with van der Waals surface area (Å²) in [7, 11) is 0. The Hall–Kier alpha value is -2.39. The van der Waals surface area contributed by atoms with Crippen molar-refractivity contribution in [1.82, 2.24) is 9.80 Å². The van der Waals surface area contributed by atoms with Crippen LogP contribution in [0.1, 0.15) is 15.9 Å². The molecule has 19 heavy (non-hydrogen) atoms. The van der Waals surface area contributed by atoms with Gasteiger partial charge in [0.1, 0.15) is 0 Å². The van der Waals surface area contributed by atoms with Gasteiger partial charge in [0.2, 0.25) is 0 Å². The van der Waals surface area contributed by atoms with Gasteiger partial charge in [-0.15, -0.1) is 0 Å². The van der Waals surface area contributed by atoms with Crippen molar-refractivity contribution in [2.45, 2.75) is 0 Å². The third kappa shape index (κ3) is 2.41. The molecule has 1 aromatic carbocycles. The summed E-state index contributed by atoms with van der Waals surface area (Å²) in [5.74, 6) is -0.519. The van der Waals surface area contributed by atoms with E-state index in [1.807, 2.05) is 6.07 Å². The van der Waals surface area contributed by atoms with Crippen LogP contribution in [0.15, 0.2) is 24.3 Å². The molecule has 1 aliphatic rings. The monoisotopic (exact) mass is 277 g/mol. The van der Waals surface area contributed by atoms with Gasteiger partial charge in [0, 0.05) is 18.7 Å². The predicted octanol–water partition coefficient (Wildman–Crippen LogP) is 1.79. The van der Waals surface area contributed by atoms with Crippen molar-refractivity contribution in [2.75, 3.05) is 13.1 Å². The van der Waals surface area contributed by atoms with Gasteiger partial charge < -0.3 is 0 Å². The van der Waals surface area contributed by atoms with E-state index in [9.17, 15) is 14.4 Å². The Labute approximate surface area is 113 Å². The zero-order valence-electron chi connectivity index (χ0n) is 9.67. The fraction of sp³-hybridized carbons (Fsp3) is 0.167. The third-order valence-corrected chi connectivity index (χ3v) is 2.93. The highest BCUT2D eigenvalue weighted by atomic mass is 35.5. The van der Waals surface area contributed by atoms with Crippen LogP contribution in [0.25, 0.3) is 0 Å². The number of hydrogen-bond donors (Lipinski definition) is 0. The number of hydrogen-bond acceptors (Lipinski definition) is 4. The second-order valence-electron chi connectivity index (χ2n) is 3.83. The van der Waals surface area contributed by atoms with Gasteiger partial charge in [-0.25, -0.2) is 9.69 Å². The molecule has 0 atom stereocenters. The van der Waals surface area contributed by atoms with Crippen molar-refractivity contribution in [3.8, 4) is 6.07 Å². The first-order valence-corrected chi connectivity index (χ1v) is 5.75. The highest BCUT2D eigenvalue weighted by Crippen LogP contribution is 2.15. The van der Waals surface area contributed by atoms with Gasteiger partial charge in [-0.05, 0) is 35.9 Å². The minimum atomic E-state index is -0.903. The lowest BCUT2D eigenvalue weighted by Crippen LogP contribution is -2.37. The van der Waals surface area contributed by atoms with Crippen LogP contribution >= 0.6 is 11.6 Å². The Morgan fingerprint density at radius 3 is 2.21 bits per heavy atom. The number of urea groups is 1. The number of imide groups is 2. The van der Waals surface area contributed by atoms with Crippen molar-refractivity contribution in [3.63, 3.8) is 0 Å². The topological polar surface area (TPSA) is 81.5 Å². The Morgan fingerprint density at radius 2 is 1.74 bits per heavy atom. The van der Waals surface area contributed by atoms with E-state index in [2.05, 4.69) is 0 Å². The van der Waals surface area contributed by atoms with Crippen molar-refractivity contribution in [2.24, 2.45) is 0 Å². The maximum absolute atomic E-state index is 12.1. The molecule has 1 fully saturated rings. The van der Waals surface area contributed by atoms with Gasteiger partial charge >= 0.3 is 11.4 Å². The van der Waals surface area contributed by atoms with Crippen LogP contribution in [-0.4, -0.2) is 40.2 Å². The minimum Gasteiger partial charge on any atom is -0.269 e. The van der Waals surface area contributed by atoms with Crippen LogP contribution in [0.3, 0.4) is 0 Å². The molecule has 1 heterocycles. The van der Waals surface area contributed by atoms with E-state index in [1.54, 1.807) is 0 Å². The summed E-state index contributed by atoms with van der Waals surface area (Å²) in [5.41, 5.74) is 0.693. The molecule has 1 saturated heterocycles. The predicted molar refractivity (Wildman–Crippen MR) is 65.5 cm³/mol. The molecule has 4 amide bonds. The van der Waals surface area contributed by atoms with Crippen LogP contribution in [0, 0.1) is 11.3 Å². The first kappa shape index (κ1) is 13.1. The summed E-state index contributed by atoms with van der Waals surface area (Å²) in [4.78, 5) is 36.5. The number of nitriles is 1. The number of halogens is 1. The molecule has 0 radical (unpaired) electrons. The number of carbonyl (C=O) groups excluding carboxylic acids is 3. The zero-order chi connectivity index (χ0) is 14.0. The molecule has 2 rings (SSSR count). The smallest absolute Gasteiger partial charge is 0.269 e. The van der Waals surface area contributed by atoms with Crippen LogP contribution in [0.4, 0.5) is 9.59 Å². The van der Waals surface area contributed by atoms with Crippen LogP contribution in [0.5, 0.6) is 0 Å². The molecule has 1 aliphatic heterocycles. The van der Waals surface area contributed by atoms with Crippen LogP contribution < -0.4 is 0 Å². The molecule has 6 nitrogen and oxygen atoms in total. The standard InChI is InChI=1S/C12H8ClN3O3/c13-11(18)16-6-5-15(12(16)19)10(17)9-3-1-8(7-14)2-4-9/h1-4H,5-6H2. The van der Waals surface area contributed by atoms with Crippen LogP contribution in [0.2, 0.25) is 0 Å². The quantitative estimate of drug-likeness (QED) is 0.579. The summed E-state index contributed by atoms with van der Waals surface area (Å²) >= 11 is 5.23. The number of rotatable bonds is 1. The lowest BCUT2D eigenvalue weighted by Gasteiger charge is -2.14. The van der Waals surface area contributed by atoms with Gasteiger partial charge in [0.15, 0.2) is 0 Å². The summed E-state index contributed by atoms with van der Waals surface area (Å²) in [6, 6.07) is 7.09. The van der Waals surface area contributed by atoms with Gasteiger partial charge in [-0.3, -0.25) is 14.5 Å². The van der Waals surface area contributed by atoms with Crippen molar-refractivity contribution in [1.29, 1.82) is 5.26 Å². The SMILES string of the molecule is N#Cc1ccc(C(=O)N2CCN(C(=O)Cl)C2=O)cc1. The number of benzene rings is 1. The minimum absolute atomic E-state index is 0.0865. The van der Waals surface area contributed by atoms with Crippen molar-refractivity contribution < 1.29 is 14.4 Å². The zero-order valence-corrected chi connectivity index (χ0v) is 10.4. The number of nitrogens with zero attached hydrogens (tertiary/aromatic N) is 3. The highest BCUT2D eigenvalue weighted by Gasteiger charge is 2.36. The second kappa shape index (κ2) is 5.08. The van der Waals surface area contributed by atoms with Gasteiger partial charge in [-0.1, -0.05) is 0 Å². The van der Waals surface area contributed by atoms with Gasteiger partial charge in [-0.2, -0.15) is 5.26 Å². The molecule has 1 aromatic rings. The summed E-state index contributed by atoms with van der Waals surface area (Å²) < 4.78 is 0. The average molecular weight is 278 g/mol. The maximum Gasteiger partial charge on any atom is 0.334 e. The summed E-state index contributed by atoms with van der Waals surface area (Å²) in [5, 5.41) is 7.76. The molecular weight excluding hydrogens is 270 g/mol. The van der Waals surface area contributed by atoms with E-state index in [0.29, 0.717) is 5.56 Å². The number of carbonyl (C=O) groups is 3. The van der Waals surface area contributed by atoms with Crippen molar-refractivity contribution in [3.05, 3.63) is 35.4 Å². The van der Waals surface area contributed by atoms with E-state index in [0.717, 1.165) is 9.80 Å². The molecule has 0 bridgehead atoms. The lowest BCUT2D eigenvalue weighted by molar-refractivity contribution is 0.0825. The maximum atomic E-state index is 12.1. The molecule has 0 unspecified atom stereocenters. The fourth-order valence-corrected chi connectivity index (χ4v) is 1.89. The molecule has 7 heteroatoms. The van der Waals surface area contributed by atoms with Crippen LogP contribution in [-0.2, 0) is 0 Å². The van der Waals surface area contributed by atoms with E-state index in [4.69, 9.17) is 16.9 Å². The molecule has 0 spiro atoms.